The van der Waals surface area contributed by atoms with E-state index in [-0.39, 0.29) is 5.78 Å². The monoisotopic (exact) mass is 309 g/mol. The summed E-state index contributed by atoms with van der Waals surface area (Å²) in [6.45, 7) is 1.58. The first-order valence-corrected chi connectivity index (χ1v) is 7.93. The van der Waals surface area contributed by atoms with Crippen LogP contribution in [0.25, 0.3) is 17.1 Å². The summed E-state index contributed by atoms with van der Waals surface area (Å²) in [7, 11) is 0. The molecule has 0 aliphatic rings. The molecule has 0 saturated heterocycles. The normalized spacial score (nSPS) is 10.6. The van der Waals surface area contributed by atoms with Gasteiger partial charge in [0, 0.05) is 11.3 Å². The van der Waals surface area contributed by atoms with E-state index < -0.39 is 0 Å². The van der Waals surface area contributed by atoms with E-state index in [9.17, 15) is 4.79 Å². The van der Waals surface area contributed by atoms with E-state index in [0.29, 0.717) is 5.75 Å². The lowest BCUT2D eigenvalue weighted by Crippen LogP contribution is -2.01. The number of aromatic nitrogens is 3. The van der Waals surface area contributed by atoms with Crippen LogP contribution < -0.4 is 0 Å². The highest BCUT2D eigenvalue weighted by Gasteiger charge is 2.16. The van der Waals surface area contributed by atoms with Crippen molar-refractivity contribution in [3.63, 3.8) is 0 Å². The van der Waals surface area contributed by atoms with Crippen molar-refractivity contribution >= 4 is 17.5 Å². The molecule has 0 N–H and O–H groups in total. The van der Waals surface area contributed by atoms with Crippen LogP contribution in [0.5, 0.6) is 0 Å². The van der Waals surface area contributed by atoms with Gasteiger partial charge in [0.2, 0.25) is 0 Å². The maximum atomic E-state index is 11.3. The lowest BCUT2D eigenvalue weighted by Gasteiger charge is -2.09. The molecule has 0 saturated carbocycles. The molecule has 2 aromatic carbocycles. The van der Waals surface area contributed by atoms with Gasteiger partial charge in [-0.3, -0.25) is 9.36 Å². The molecule has 0 radical (unpaired) electrons. The SMILES string of the molecule is CC(=O)CSc1nnc(-c2ccccc2)n1-c1ccccc1. The van der Waals surface area contributed by atoms with Crippen molar-refractivity contribution in [3.05, 3.63) is 60.7 Å². The molecular weight excluding hydrogens is 294 g/mol. The average Bonchev–Trinajstić information content (AvgIpc) is 2.98. The van der Waals surface area contributed by atoms with E-state index >= 15 is 0 Å². The molecule has 0 amide bonds. The molecule has 0 aliphatic heterocycles. The Morgan fingerprint density at radius 3 is 2.27 bits per heavy atom. The van der Waals surface area contributed by atoms with E-state index in [1.165, 1.54) is 11.8 Å². The Morgan fingerprint density at radius 2 is 1.64 bits per heavy atom. The van der Waals surface area contributed by atoms with Crippen molar-refractivity contribution in [1.29, 1.82) is 0 Å². The Morgan fingerprint density at radius 1 is 1.00 bits per heavy atom. The van der Waals surface area contributed by atoms with Crippen molar-refractivity contribution in [2.24, 2.45) is 0 Å². The number of carbonyl (C=O) groups is 1. The maximum absolute atomic E-state index is 11.3. The second kappa shape index (κ2) is 6.58. The van der Waals surface area contributed by atoms with Crippen LogP contribution in [0.2, 0.25) is 0 Å². The number of thioether (sulfide) groups is 1. The minimum Gasteiger partial charge on any atom is -0.299 e. The van der Waals surface area contributed by atoms with Crippen LogP contribution in [0.3, 0.4) is 0 Å². The second-order valence-corrected chi connectivity index (χ2v) is 5.78. The number of hydrogen-bond donors (Lipinski definition) is 0. The summed E-state index contributed by atoms with van der Waals surface area (Å²) >= 11 is 1.41. The second-order valence-electron chi connectivity index (χ2n) is 4.83. The highest BCUT2D eigenvalue weighted by molar-refractivity contribution is 7.99. The van der Waals surface area contributed by atoms with Crippen molar-refractivity contribution in [2.45, 2.75) is 12.1 Å². The van der Waals surface area contributed by atoms with E-state index in [1.807, 2.05) is 65.2 Å². The molecule has 0 unspecified atom stereocenters. The summed E-state index contributed by atoms with van der Waals surface area (Å²) < 4.78 is 1.99. The molecule has 3 rings (SSSR count). The van der Waals surface area contributed by atoms with Gasteiger partial charge in [0.1, 0.15) is 5.78 Å². The minimum absolute atomic E-state index is 0.119. The zero-order valence-corrected chi connectivity index (χ0v) is 13.0. The third kappa shape index (κ3) is 3.09. The molecule has 22 heavy (non-hydrogen) atoms. The Labute approximate surface area is 133 Å². The van der Waals surface area contributed by atoms with E-state index in [4.69, 9.17) is 0 Å². The van der Waals surface area contributed by atoms with Gasteiger partial charge in [-0.05, 0) is 19.1 Å². The van der Waals surface area contributed by atoms with Crippen LogP contribution in [0.4, 0.5) is 0 Å². The molecule has 5 heteroatoms. The number of Topliss-reactive ketones (excluding diaryl/α,β-unsaturated/α-hetero) is 1. The van der Waals surface area contributed by atoms with Gasteiger partial charge in [-0.1, -0.05) is 60.3 Å². The molecule has 0 atom stereocenters. The number of para-hydroxylation sites is 1. The van der Waals surface area contributed by atoms with Crippen LogP contribution in [-0.2, 0) is 4.79 Å². The quantitative estimate of drug-likeness (QED) is 0.675. The lowest BCUT2D eigenvalue weighted by atomic mass is 10.2. The molecule has 0 fully saturated rings. The van der Waals surface area contributed by atoms with Crippen LogP contribution in [-0.4, -0.2) is 26.3 Å². The zero-order chi connectivity index (χ0) is 15.4. The third-order valence-corrected chi connectivity index (χ3v) is 4.16. The van der Waals surface area contributed by atoms with Crippen molar-refractivity contribution < 1.29 is 4.79 Å². The fourth-order valence-electron chi connectivity index (χ4n) is 2.11. The highest BCUT2D eigenvalue weighted by Crippen LogP contribution is 2.27. The molecule has 0 bridgehead atoms. The van der Waals surface area contributed by atoms with E-state index in [0.717, 1.165) is 22.2 Å². The fourth-order valence-corrected chi connectivity index (χ4v) is 2.87. The molecule has 3 aromatic rings. The van der Waals surface area contributed by atoms with Gasteiger partial charge in [-0.25, -0.2) is 0 Å². The van der Waals surface area contributed by atoms with E-state index in [2.05, 4.69) is 10.2 Å². The Bertz CT molecular complexity index is 769. The average molecular weight is 309 g/mol. The van der Waals surface area contributed by atoms with Crippen LogP contribution in [0, 0.1) is 0 Å². The molecule has 1 aromatic heterocycles. The van der Waals surface area contributed by atoms with Gasteiger partial charge in [-0.2, -0.15) is 0 Å². The summed E-state index contributed by atoms with van der Waals surface area (Å²) in [6.07, 6.45) is 0. The number of hydrogen-bond acceptors (Lipinski definition) is 4. The van der Waals surface area contributed by atoms with Crippen LogP contribution in [0.15, 0.2) is 65.8 Å². The first kappa shape index (κ1) is 14.5. The van der Waals surface area contributed by atoms with Crippen LogP contribution >= 0.6 is 11.8 Å². The number of nitrogens with zero attached hydrogens (tertiary/aromatic N) is 3. The minimum atomic E-state index is 0.119. The lowest BCUT2D eigenvalue weighted by molar-refractivity contribution is -0.114. The number of rotatable bonds is 5. The van der Waals surface area contributed by atoms with Gasteiger partial charge in [0.15, 0.2) is 11.0 Å². The Hall–Kier alpha value is -2.40. The molecule has 110 valence electrons. The number of benzene rings is 2. The summed E-state index contributed by atoms with van der Waals surface area (Å²) in [6, 6.07) is 19.9. The summed E-state index contributed by atoms with van der Waals surface area (Å²) in [5.74, 6) is 1.28. The maximum Gasteiger partial charge on any atom is 0.196 e. The third-order valence-electron chi connectivity index (χ3n) is 3.08. The van der Waals surface area contributed by atoms with Gasteiger partial charge < -0.3 is 0 Å². The van der Waals surface area contributed by atoms with Gasteiger partial charge in [-0.15, -0.1) is 10.2 Å². The van der Waals surface area contributed by atoms with Gasteiger partial charge >= 0.3 is 0 Å². The predicted molar refractivity (Wildman–Crippen MR) is 88.2 cm³/mol. The number of carbonyl (C=O) groups excluding carboxylic acids is 1. The van der Waals surface area contributed by atoms with E-state index in [1.54, 1.807) is 6.92 Å². The summed E-state index contributed by atoms with van der Waals surface area (Å²) in [5, 5.41) is 9.31. The Balaban J connectivity index is 2.09. The Kier molecular flexibility index (Phi) is 4.34. The summed E-state index contributed by atoms with van der Waals surface area (Å²) in [4.78, 5) is 11.3. The first-order chi connectivity index (χ1) is 10.8. The fraction of sp³-hybridized carbons (Fsp3) is 0.118. The molecule has 1 heterocycles. The zero-order valence-electron chi connectivity index (χ0n) is 12.1. The van der Waals surface area contributed by atoms with Crippen molar-refractivity contribution in [3.8, 4) is 17.1 Å². The first-order valence-electron chi connectivity index (χ1n) is 6.94. The molecule has 0 spiro atoms. The van der Waals surface area contributed by atoms with Crippen LogP contribution in [0.1, 0.15) is 6.92 Å². The largest absolute Gasteiger partial charge is 0.299 e. The molecule has 0 aliphatic carbocycles. The highest BCUT2D eigenvalue weighted by atomic mass is 32.2. The molecule has 4 nitrogen and oxygen atoms in total. The van der Waals surface area contributed by atoms with Gasteiger partial charge in [0.05, 0.1) is 5.75 Å². The topological polar surface area (TPSA) is 47.8 Å². The number of ketones is 1. The van der Waals surface area contributed by atoms with Crippen molar-refractivity contribution in [1.82, 2.24) is 14.8 Å². The predicted octanol–water partition coefficient (Wildman–Crippen LogP) is 3.62. The van der Waals surface area contributed by atoms with Crippen molar-refractivity contribution in [2.75, 3.05) is 5.75 Å². The smallest absolute Gasteiger partial charge is 0.196 e. The van der Waals surface area contributed by atoms with Gasteiger partial charge in [0.25, 0.3) is 0 Å². The standard InChI is InChI=1S/C17H15N3OS/c1-13(21)12-22-17-19-18-16(14-8-4-2-5-9-14)20(17)15-10-6-3-7-11-15/h2-11H,12H2,1H3. The summed E-state index contributed by atoms with van der Waals surface area (Å²) in [5.41, 5.74) is 1.98. The molecular formula is C17H15N3OS.